The summed E-state index contributed by atoms with van der Waals surface area (Å²) >= 11 is 5.92. The molecule has 1 unspecified atom stereocenters. The summed E-state index contributed by atoms with van der Waals surface area (Å²) in [6.07, 6.45) is 2.75. The molecular weight excluding hydrogens is 477 g/mol. The van der Waals surface area contributed by atoms with Gasteiger partial charge in [-0.1, -0.05) is 35.9 Å². The average molecular weight is 498 g/mol. The van der Waals surface area contributed by atoms with Crippen molar-refractivity contribution in [2.75, 3.05) is 11.6 Å². The van der Waals surface area contributed by atoms with E-state index in [0.717, 1.165) is 11.1 Å². The van der Waals surface area contributed by atoms with Crippen molar-refractivity contribution in [1.82, 2.24) is 15.0 Å². The molecule has 2 N–H and O–H groups in total. The molecule has 0 fully saturated rings. The van der Waals surface area contributed by atoms with Gasteiger partial charge in [0.2, 0.25) is 5.95 Å². The van der Waals surface area contributed by atoms with Crippen LogP contribution in [-0.4, -0.2) is 25.4 Å². The number of nitrogens with one attached hydrogen (secondary N) is 2. The lowest BCUT2D eigenvalue weighted by Crippen LogP contribution is -2.03. The number of ether oxygens (including phenoxy) is 1. The summed E-state index contributed by atoms with van der Waals surface area (Å²) in [7, 11) is -2.67. The number of hydrogen-bond donors (Lipinski definition) is 2. The highest BCUT2D eigenvalue weighted by Gasteiger charge is 2.13. The minimum atomic E-state index is -2.67. The molecule has 0 aliphatic rings. The van der Waals surface area contributed by atoms with Crippen LogP contribution in [0.25, 0.3) is 11.4 Å². The maximum absolute atomic E-state index is 14.0. The molecule has 0 amide bonds. The highest BCUT2D eigenvalue weighted by atomic mass is 35.5. The molecule has 0 radical (unpaired) electrons. The summed E-state index contributed by atoms with van der Waals surface area (Å²) in [5.74, 6) is 0.582. The summed E-state index contributed by atoms with van der Waals surface area (Å²) in [4.78, 5) is 12.8. The molecule has 1 atom stereocenters. The second-order valence-electron chi connectivity index (χ2n) is 7.66. The lowest BCUT2D eigenvalue weighted by molar-refractivity contribution is 0.306. The Morgan fingerprint density at radius 2 is 1.85 bits per heavy atom. The van der Waals surface area contributed by atoms with Gasteiger partial charge in [-0.3, -0.25) is 4.78 Å². The van der Waals surface area contributed by atoms with Crippen LogP contribution in [0.5, 0.6) is 5.75 Å². The molecule has 4 rings (SSSR count). The van der Waals surface area contributed by atoms with E-state index in [1.54, 1.807) is 30.3 Å². The smallest absolute Gasteiger partial charge is 0.230 e. The number of aromatic nitrogens is 3. The van der Waals surface area contributed by atoms with Crippen molar-refractivity contribution in [2.24, 2.45) is 0 Å². The van der Waals surface area contributed by atoms with Crippen molar-refractivity contribution < 1.29 is 13.3 Å². The molecule has 3 aromatic carbocycles. The quantitative estimate of drug-likeness (QED) is 0.317. The lowest BCUT2D eigenvalue weighted by Gasteiger charge is -2.12. The SMILES string of the molecule is CS(=N)(=O)Cc1cccc(Nc2ncnc(-c3ccc(F)cc3OCc3ccc(Cl)cc3)n2)c1. The van der Waals surface area contributed by atoms with Crippen molar-refractivity contribution in [3.05, 3.63) is 95.0 Å². The Bertz CT molecular complexity index is 1420. The molecule has 4 aromatic rings. The molecule has 0 saturated heterocycles. The Hall–Kier alpha value is -3.56. The van der Waals surface area contributed by atoms with E-state index in [0.29, 0.717) is 27.8 Å². The first-order valence-electron chi connectivity index (χ1n) is 10.2. The van der Waals surface area contributed by atoms with Gasteiger partial charge in [-0.2, -0.15) is 4.98 Å². The topological polar surface area (TPSA) is 101 Å². The minimum Gasteiger partial charge on any atom is -0.488 e. The summed E-state index contributed by atoms with van der Waals surface area (Å²) in [5, 5.41) is 3.71. The zero-order valence-corrected chi connectivity index (χ0v) is 19.7. The molecule has 0 saturated carbocycles. The van der Waals surface area contributed by atoms with Crippen molar-refractivity contribution in [1.29, 1.82) is 4.78 Å². The van der Waals surface area contributed by atoms with E-state index in [1.807, 2.05) is 24.3 Å². The fourth-order valence-electron chi connectivity index (χ4n) is 3.21. The van der Waals surface area contributed by atoms with Gasteiger partial charge in [0, 0.05) is 32.8 Å². The van der Waals surface area contributed by atoms with Crippen LogP contribution in [0.2, 0.25) is 5.02 Å². The predicted molar refractivity (Wildman–Crippen MR) is 131 cm³/mol. The van der Waals surface area contributed by atoms with E-state index in [4.69, 9.17) is 21.1 Å². The Kier molecular flexibility index (Phi) is 7.04. The van der Waals surface area contributed by atoms with Crippen LogP contribution >= 0.6 is 11.6 Å². The fraction of sp³-hybridized carbons (Fsp3) is 0.125. The first-order valence-corrected chi connectivity index (χ1v) is 12.7. The molecule has 7 nitrogen and oxygen atoms in total. The molecule has 1 heterocycles. The van der Waals surface area contributed by atoms with E-state index >= 15 is 0 Å². The number of hydrogen-bond acceptors (Lipinski definition) is 7. The van der Waals surface area contributed by atoms with Crippen molar-refractivity contribution in [2.45, 2.75) is 12.4 Å². The van der Waals surface area contributed by atoms with Gasteiger partial charge in [0.15, 0.2) is 5.82 Å². The van der Waals surface area contributed by atoms with Gasteiger partial charge in [0.25, 0.3) is 0 Å². The average Bonchev–Trinajstić information content (AvgIpc) is 2.78. The zero-order chi connectivity index (χ0) is 24.1. The van der Waals surface area contributed by atoms with E-state index in [-0.39, 0.29) is 18.3 Å². The van der Waals surface area contributed by atoms with Crippen LogP contribution in [0.3, 0.4) is 0 Å². The number of benzene rings is 3. The van der Waals surface area contributed by atoms with Crippen LogP contribution < -0.4 is 10.1 Å². The van der Waals surface area contributed by atoms with E-state index in [1.165, 1.54) is 24.7 Å². The normalized spacial score (nSPS) is 12.7. The summed E-state index contributed by atoms with van der Waals surface area (Å²) in [5.41, 5.74) is 2.82. The van der Waals surface area contributed by atoms with Crippen LogP contribution in [0, 0.1) is 10.6 Å². The number of anilines is 2. The molecule has 0 spiro atoms. The van der Waals surface area contributed by atoms with Gasteiger partial charge in [-0.25, -0.2) is 18.6 Å². The third-order valence-corrected chi connectivity index (χ3v) is 5.83. The molecule has 0 aliphatic heterocycles. The van der Waals surface area contributed by atoms with Crippen LogP contribution in [-0.2, 0) is 22.1 Å². The second kappa shape index (κ2) is 10.1. The fourth-order valence-corrected chi connectivity index (χ4v) is 4.16. The van der Waals surface area contributed by atoms with Crippen molar-refractivity contribution >= 4 is 33.0 Å². The molecule has 174 valence electrons. The standard InChI is InChI=1S/C24H21ClFN5O2S/c1-34(27,32)14-17-3-2-4-20(11-17)30-24-29-15-28-23(31-24)21-10-9-19(26)12-22(21)33-13-16-5-7-18(25)8-6-16/h2-12,15,27H,13-14H2,1H3,(H,28,29,30,31). The van der Waals surface area contributed by atoms with E-state index < -0.39 is 15.5 Å². The lowest BCUT2D eigenvalue weighted by atomic mass is 10.1. The Labute approximate surface area is 202 Å². The molecule has 34 heavy (non-hydrogen) atoms. The van der Waals surface area contributed by atoms with Gasteiger partial charge < -0.3 is 10.1 Å². The number of halogens is 2. The number of rotatable bonds is 8. The molecular formula is C24H21ClFN5O2S. The Balaban J connectivity index is 1.57. The summed E-state index contributed by atoms with van der Waals surface area (Å²) in [6, 6.07) is 18.5. The maximum Gasteiger partial charge on any atom is 0.230 e. The third-order valence-electron chi connectivity index (χ3n) is 4.69. The largest absolute Gasteiger partial charge is 0.488 e. The highest BCUT2D eigenvalue weighted by Crippen LogP contribution is 2.30. The zero-order valence-electron chi connectivity index (χ0n) is 18.2. The van der Waals surface area contributed by atoms with Crippen molar-refractivity contribution in [3.8, 4) is 17.1 Å². The van der Waals surface area contributed by atoms with Gasteiger partial charge in [-0.15, -0.1) is 0 Å². The molecule has 0 aliphatic carbocycles. The third kappa shape index (κ3) is 6.49. The van der Waals surface area contributed by atoms with Crippen LogP contribution in [0.15, 0.2) is 73.1 Å². The second-order valence-corrected chi connectivity index (χ2v) is 10.4. The Morgan fingerprint density at radius 1 is 1.06 bits per heavy atom. The Morgan fingerprint density at radius 3 is 2.62 bits per heavy atom. The van der Waals surface area contributed by atoms with Crippen molar-refractivity contribution in [3.63, 3.8) is 0 Å². The van der Waals surface area contributed by atoms with E-state index in [9.17, 15) is 8.60 Å². The minimum absolute atomic E-state index is 0.148. The monoisotopic (exact) mass is 497 g/mol. The first-order chi connectivity index (χ1) is 16.2. The van der Waals surface area contributed by atoms with Crippen LogP contribution in [0.4, 0.5) is 16.0 Å². The molecule has 10 heteroatoms. The molecule has 1 aromatic heterocycles. The first kappa shape index (κ1) is 23.6. The summed E-state index contributed by atoms with van der Waals surface area (Å²) < 4.78 is 39.3. The van der Waals surface area contributed by atoms with Gasteiger partial charge in [0.05, 0.1) is 11.3 Å². The highest BCUT2D eigenvalue weighted by molar-refractivity contribution is 7.90. The van der Waals surface area contributed by atoms with Gasteiger partial charge in [0.1, 0.15) is 24.5 Å². The number of nitrogens with zero attached hydrogens (tertiary/aromatic N) is 3. The van der Waals surface area contributed by atoms with Gasteiger partial charge in [-0.05, 0) is 47.5 Å². The van der Waals surface area contributed by atoms with Crippen LogP contribution in [0.1, 0.15) is 11.1 Å². The van der Waals surface area contributed by atoms with E-state index in [2.05, 4.69) is 20.3 Å². The summed E-state index contributed by atoms with van der Waals surface area (Å²) in [6.45, 7) is 0.216. The predicted octanol–water partition coefficient (Wildman–Crippen LogP) is 5.83. The molecule has 0 bridgehead atoms. The van der Waals surface area contributed by atoms with Gasteiger partial charge >= 0.3 is 0 Å². The maximum atomic E-state index is 14.0.